The Hall–Kier alpha value is -3.03. The Morgan fingerprint density at radius 2 is 2.00 bits per heavy atom. The number of carbonyl (C=O) groups excluding carboxylic acids is 2. The van der Waals surface area contributed by atoms with Crippen molar-refractivity contribution in [3.05, 3.63) is 59.2 Å². The van der Waals surface area contributed by atoms with E-state index >= 15 is 0 Å². The molecular formula is C22H23F3N2O3. The molecule has 2 aromatic carbocycles. The van der Waals surface area contributed by atoms with E-state index in [0.717, 1.165) is 29.0 Å². The average Bonchev–Trinajstić information content (AvgIpc) is 3.09. The zero-order valence-electron chi connectivity index (χ0n) is 16.8. The van der Waals surface area contributed by atoms with Crippen LogP contribution < -0.4 is 15.0 Å². The Balaban J connectivity index is 1.60. The smallest absolute Gasteiger partial charge is 0.416 e. The summed E-state index contributed by atoms with van der Waals surface area (Å²) in [5.74, 6) is -0.521. The summed E-state index contributed by atoms with van der Waals surface area (Å²) in [4.78, 5) is 26.1. The number of rotatable bonds is 6. The molecule has 160 valence electrons. The molecule has 1 fully saturated rings. The number of carbonyl (C=O) groups is 2. The van der Waals surface area contributed by atoms with Crippen LogP contribution >= 0.6 is 0 Å². The second-order valence-corrected chi connectivity index (χ2v) is 7.31. The van der Waals surface area contributed by atoms with Crippen LogP contribution in [0.4, 0.5) is 18.9 Å². The molecule has 5 nitrogen and oxygen atoms in total. The van der Waals surface area contributed by atoms with E-state index < -0.39 is 17.7 Å². The number of amides is 2. The van der Waals surface area contributed by atoms with E-state index in [2.05, 4.69) is 5.32 Å². The molecule has 8 heteroatoms. The highest BCUT2D eigenvalue weighted by Gasteiger charge is 2.36. The Morgan fingerprint density at radius 3 is 2.70 bits per heavy atom. The van der Waals surface area contributed by atoms with Crippen LogP contribution in [0.15, 0.2) is 42.5 Å². The first-order chi connectivity index (χ1) is 14.2. The third-order valence-electron chi connectivity index (χ3n) is 5.11. The summed E-state index contributed by atoms with van der Waals surface area (Å²) in [5.41, 5.74) is 1.36. The summed E-state index contributed by atoms with van der Waals surface area (Å²) in [6, 6.07) is 10.4. The first-order valence-electron chi connectivity index (χ1n) is 9.58. The largest absolute Gasteiger partial charge is 0.496 e. The van der Waals surface area contributed by atoms with Crippen LogP contribution in [0, 0.1) is 12.8 Å². The zero-order chi connectivity index (χ0) is 21.9. The first kappa shape index (κ1) is 21.7. The lowest BCUT2D eigenvalue weighted by Crippen LogP contribution is -2.34. The van der Waals surface area contributed by atoms with Crippen LogP contribution in [0.3, 0.4) is 0 Å². The van der Waals surface area contributed by atoms with E-state index in [4.69, 9.17) is 4.74 Å². The van der Waals surface area contributed by atoms with Crippen molar-refractivity contribution in [3.63, 3.8) is 0 Å². The molecule has 1 atom stereocenters. The molecule has 0 aliphatic carbocycles. The van der Waals surface area contributed by atoms with Crippen LogP contribution in [-0.2, 0) is 22.2 Å². The highest BCUT2D eigenvalue weighted by molar-refractivity contribution is 6.00. The molecule has 0 bridgehead atoms. The van der Waals surface area contributed by atoms with Gasteiger partial charge in [-0.1, -0.05) is 23.8 Å². The number of alkyl halides is 3. The highest BCUT2D eigenvalue weighted by Crippen LogP contribution is 2.33. The molecule has 1 aliphatic heterocycles. The van der Waals surface area contributed by atoms with E-state index in [1.54, 1.807) is 7.11 Å². The van der Waals surface area contributed by atoms with Gasteiger partial charge in [-0.05, 0) is 43.2 Å². The van der Waals surface area contributed by atoms with Crippen molar-refractivity contribution < 1.29 is 27.5 Å². The predicted octanol–water partition coefficient (Wildman–Crippen LogP) is 3.73. The Kier molecular flexibility index (Phi) is 6.34. The van der Waals surface area contributed by atoms with Gasteiger partial charge >= 0.3 is 6.18 Å². The Bertz CT molecular complexity index is 943. The van der Waals surface area contributed by atoms with E-state index in [0.29, 0.717) is 13.0 Å². The molecule has 1 unspecified atom stereocenters. The fourth-order valence-corrected chi connectivity index (χ4v) is 3.55. The standard InChI is InChI=1S/C22H23F3N2O3/c1-14-6-7-19(30-2)15(10-14)8-9-26-21(29)16-11-20(28)27(13-16)18-5-3-4-17(12-18)22(23,24)25/h3-7,10,12,16H,8-9,11,13H2,1-2H3,(H,26,29). The number of aryl methyl sites for hydroxylation is 1. The van der Waals surface area contributed by atoms with Crippen molar-refractivity contribution in [2.45, 2.75) is 25.9 Å². The Labute approximate surface area is 172 Å². The Morgan fingerprint density at radius 1 is 1.23 bits per heavy atom. The summed E-state index contributed by atoms with van der Waals surface area (Å²) in [6.45, 7) is 2.39. The summed E-state index contributed by atoms with van der Waals surface area (Å²) in [5, 5.41) is 2.82. The SMILES string of the molecule is COc1ccc(C)cc1CCNC(=O)C1CC(=O)N(c2cccc(C(F)(F)F)c2)C1. The maximum Gasteiger partial charge on any atom is 0.416 e. The molecule has 2 amide bonds. The number of benzene rings is 2. The van der Waals surface area contributed by atoms with Crippen molar-refractivity contribution >= 4 is 17.5 Å². The fraction of sp³-hybridized carbons (Fsp3) is 0.364. The number of ether oxygens (including phenoxy) is 1. The number of halogens is 3. The van der Waals surface area contributed by atoms with Crippen LogP contribution in [0.2, 0.25) is 0 Å². The number of methoxy groups -OCH3 is 1. The summed E-state index contributed by atoms with van der Waals surface area (Å²) in [6.07, 6.45) is -3.96. The minimum atomic E-state index is -4.49. The summed E-state index contributed by atoms with van der Waals surface area (Å²) in [7, 11) is 1.58. The molecule has 30 heavy (non-hydrogen) atoms. The van der Waals surface area contributed by atoms with Crippen molar-refractivity contribution in [1.82, 2.24) is 5.32 Å². The van der Waals surface area contributed by atoms with Crippen molar-refractivity contribution in [3.8, 4) is 5.75 Å². The predicted molar refractivity (Wildman–Crippen MR) is 106 cm³/mol. The molecule has 0 radical (unpaired) electrons. The van der Waals surface area contributed by atoms with Gasteiger partial charge < -0.3 is 15.0 Å². The minimum Gasteiger partial charge on any atom is -0.496 e. The zero-order valence-corrected chi connectivity index (χ0v) is 16.8. The lowest BCUT2D eigenvalue weighted by Gasteiger charge is -2.18. The normalized spacial score (nSPS) is 16.6. The van der Waals surface area contributed by atoms with Crippen LogP contribution in [0.5, 0.6) is 5.75 Å². The van der Waals surface area contributed by atoms with E-state index in [-0.39, 0.29) is 30.5 Å². The van der Waals surface area contributed by atoms with Gasteiger partial charge in [-0.15, -0.1) is 0 Å². The van der Waals surface area contributed by atoms with E-state index in [9.17, 15) is 22.8 Å². The molecule has 3 rings (SSSR count). The topological polar surface area (TPSA) is 58.6 Å². The first-order valence-corrected chi connectivity index (χ1v) is 9.58. The fourth-order valence-electron chi connectivity index (χ4n) is 3.55. The van der Waals surface area contributed by atoms with E-state index in [1.165, 1.54) is 17.0 Å². The highest BCUT2D eigenvalue weighted by atomic mass is 19.4. The van der Waals surface area contributed by atoms with Gasteiger partial charge in [0, 0.05) is 25.2 Å². The van der Waals surface area contributed by atoms with Gasteiger partial charge in [0.15, 0.2) is 0 Å². The molecule has 0 saturated carbocycles. The third kappa shape index (κ3) is 4.93. The van der Waals surface area contributed by atoms with Crippen LogP contribution in [-0.4, -0.2) is 32.0 Å². The van der Waals surface area contributed by atoms with Gasteiger partial charge in [-0.3, -0.25) is 9.59 Å². The molecule has 1 heterocycles. The monoisotopic (exact) mass is 420 g/mol. The van der Waals surface area contributed by atoms with Crippen LogP contribution in [0.25, 0.3) is 0 Å². The molecule has 1 saturated heterocycles. The molecule has 0 spiro atoms. The van der Waals surface area contributed by atoms with Gasteiger partial charge in [0.1, 0.15) is 5.75 Å². The quantitative estimate of drug-likeness (QED) is 0.775. The molecule has 1 aliphatic rings. The van der Waals surface area contributed by atoms with Gasteiger partial charge in [0.05, 0.1) is 18.6 Å². The lowest BCUT2D eigenvalue weighted by molar-refractivity contribution is -0.137. The minimum absolute atomic E-state index is 0.0319. The number of nitrogens with one attached hydrogen (secondary N) is 1. The second kappa shape index (κ2) is 8.77. The van der Waals surface area contributed by atoms with Crippen LogP contribution in [0.1, 0.15) is 23.1 Å². The number of hydrogen-bond donors (Lipinski definition) is 1. The second-order valence-electron chi connectivity index (χ2n) is 7.31. The number of nitrogens with zero attached hydrogens (tertiary/aromatic N) is 1. The van der Waals surface area contributed by atoms with Crippen molar-refractivity contribution in [2.75, 3.05) is 25.1 Å². The molecule has 1 N–H and O–H groups in total. The summed E-state index contributed by atoms with van der Waals surface area (Å²) >= 11 is 0. The van der Waals surface area contributed by atoms with Gasteiger partial charge in [0.25, 0.3) is 0 Å². The maximum absolute atomic E-state index is 12.9. The molecule has 0 aromatic heterocycles. The molecule has 2 aromatic rings. The lowest BCUT2D eigenvalue weighted by atomic mass is 10.1. The average molecular weight is 420 g/mol. The van der Waals surface area contributed by atoms with Gasteiger partial charge in [-0.25, -0.2) is 0 Å². The number of hydrogen-bond acceptors (Lipinski definition) is 3. The summed E-state index contributed by atoms with van der Waals surface area (Å²) < 4.78 is 44.1. The number of anilines is 1. The van der Waals surface area contributed by atoms with Crippen molar-refractivity contribution in [2.24, 2.45) is 5.92 Å². The third-order valence-corrected chi connectivity index (χ3v) is 5.11. The van der Waals surface area contributed by atoms with Gasteiger partial charge in [0.2, 0.25) is 11.8 Å². The van der Waals surface area contributed by atoms with E-state index in [1.807, 2.05) is 25.1 Å². The van der Waals surface area contributed by atoms with Crippen molar-refractivity contribution in [1.29, 1.82) is 0 Å². The molecular weight excluding hydrogens is 397 g/mol. The van der Waals surface area contributed by atoms with Gasteiger partial charge in [-0.2, -0.15) is 13.2 Å². The maximum atomic E-state index is 12.9.